The van der Waals surface area contributed by atoms with Crippen LogP contribution in [0, 0.1) is 11.3 Å². The molecule has 1 saturated carbocycles. The van der Waals surface area contributed by atoms with Gasteiger partial charge in [-0.2, -0.15) is 0 Å². The van der Waals surface area contributed by atoms with Crippen molar-refractivity contribution in [3.8, 4) is 0 Å². The first kappa shape index (κ1) is 17.2. The Morgan fingerprint density at radius 1 is 1.17 bits per heavy atom. The standard InChI is InChI=1S/C19H30N4O/c1-19(2,3)14-11-16(12-14)23-9-7-22(8-10-23)15-5-6-17(21-13-15)18(24)20-4/h5-6,13-14,16H,7-12H2,1-4H3,(H,20,24). The highest BCUT2D eigenvalue weighted by atomic mass is 16.1. The molecule has 5 heteroatoms. The van der Waals surface area contributed by atoms with E-state index in [0.717, 1.165) is 43.8 Å². The van der Waals surface area contributed by atoms with Crippen molar-refractivity contribution in [1.82, 2.24) is 15.2 Å². The van der Waals surface area contributed by atoms with Crippen molar-refractivity contribution in [2.45, 2.75) is 39.7 Å². The van der Waals surface area contributed by atoms with Gasteiger partial charge in [-0.3, -0.25) is 9.69 Å². The van der Waals surface area contributed by atoms with Gasteiger partial charge in [0.2, 0.25) is 0 Å². The molecule has 5 nitrogen and oxygen atoms in total. The molecule has 2 aliphatic rings. The summed E-state index contributed by atoms with van der Waals surface area (Å²) >= 11 is 0. The summed E-state index contributed by atoms with van der Waals surface area (Å²) < 4.78 is 0. The average Bonchev–Trinajstić information content (AvgIpc) is 2.52. The molecule has 1 amide bonds. The molecule has 2 fully saturated rings. The topological polar surface area (TPSA) is 48.5 Å². The molecule has 0 bridgehead atoms. The monoisotopic (exact) mass is 330 g/mol. The number of amides is 1. The van der Waals surface area contributed by atoms with Gasteiger partial charge in [0.15, 0.2) is 0 Å². The fourth-order valence-corrected chi connectivity index (χ4v) is 3.77. The van der Waals surface area contributed by atoms with E-state index in [1.165, 1.54) is 12.8 Å². The van der Waals surface area contributed by atoms with E-state index < -0.39 is 0 Å². The molecule has 1 aromatic heterocycles. The van der Waals surface area contributed by atoms with Crippen molar-refractivity contribution in [2.75, 3.05) is 38.1 Å². The summed E-state index contributed by atoms with van der Waals surface area (Å²) in [7, 11) is 1.63. The number of nitrogens with one attached hydrogen (secondary N) is 1. The fourth-order valence-electron chi connectivity index (χ4n) is 3.77. The molecular weight excluding hydrogens is 300 g/mol. The number of hydrogen-bond donors (Lipinski definition) is 1. The maximum Gasteiger partial charge on any atom is 0.269 e. The van der Waals surface area contributed by atoms with Gasteiger partial charge in [-0.1, -0.05) is 20.8 Å². The number of nitrogens with zero attached hydrogens (tertiary/aromatic N) is 3. The summed E-state index contributed by atoms with van der Waals surface area (Å²) in [6.45, 7) is 11.4. The van der Waals surface area contributed by atoms with E-state index in [4.69, 9.17) is 0 Å². The highest BCUT2D eigenvalue weighted by Gasteiger charge is 2.40. The second-order valence-corrected chi connectivity index (χ2v) is 8.19. The number of pyridine rings is 1. The second kappa shape index (κ2) is 6.71. The quantitative estimate of drug-likeness (QED) is 0.924. The van der Waals surface area contributed by atoms with E-state index in [-0.39, 0.29) is 5.91 Å². The van der Waals surface area contributed by atoms with Crippen LogP contribution < -0.4 is 10.2 Å². The Bertz CT molecular complexity index is 564. The van der Waals surface area contributed by atoms with Gasteiger partial charge < -0.3 is 10.2 Å². The molecule has 1 saturated heterocycles. The Balaban J connectivity index is 1.50. The van der Waals surface area contributed by atoms with Gasteiger partial charge in [0.25, 0.3) is 5.91 Å². The zero-order valence-electron chi connectivity index (χ0n) is 15.4. The number of piperazine rings is 1. The molecule has 0 spiro atoms. The lowest BCUT2D eigenvalue weighted by Crippen LogP contribution is -2.55. The van der Waals surface area contributed by atoms with Crippen LogP contribution >= 0.6 is 0 Å². The molecule has 1 aliphatic carbocycles. The second-order valence-electron chi connectivity index (χ2n) is 8.19. The Morgan fingerprint density at radius 2 is 1.83 bits per heavy atom. The normalized spacial score (nSPS) is 25.2. The van der Waals surface area contributed by atoms with Gasteiger partial charge in [-0.05, 0) is 36.3 Å². The van der Waals surface area contributed by atoms with Gasteiger partial charge in [0, 0.05) is 39.3 Å². The molecule has 24 heavy (non-hydrogen) atoms. The van der Waals surface area contributed by atoms with E-state index in [9.17, 15) is 4.79 Å². The molecule has 2 heterocycles. The van der Waals surface area contributed by atoms with E-state index >= 15 is 0 Å². The zero-order chi connectivity index (χ0) is 17.3. The van der Waals surface area contributed by atoms with Crippen molar-refractivity contribution in [1.29, 1.82) is 0 Å². The molecule has 0 unspecified atom stereocenters. The molecule has 1 aliphatic heterocycles. The van der Waals surface area contributed by atoms with Crippen LogP contribution in [0.3, 0.4) is 0 Å². The lowest BCUT2D eigenvalue weighted by molar-refractivity contribution is 0.0183. The highest BCUT2D eigenvalue weighted by Crippen LogP contribution is 2.43. The summed E-state index contributed by atoms with van der Waals surface area (Å²) in [5, 5.41) is 2.60. The van der Waals surface area contributed by atoms with Gasteiger partial charge in [-0.25, -0.2) is 4.98 Å². The molecule has 3 rings (SSSR count). The predicted molar refractivity (Wildman–Crippen MR) is 97.4 cm³/mol. The maximum atomic E-state index is 11.6. The third-order valence-corrected chi connectivity index (χ3v) is 5.74. The van der Waals surface area contributed by atoms with E-state index in [1.807, 2.05) is 12.3 Å². The van der Waals surface area contributed by atoms with Crippen LogP contribution in [0.5, 0.6) is 0 Å². The first-order chi connectivity index (χ1) is 11.4. The van der Waals surface area contributed by atoms with Gasteiger partial charge in [0.1, 0.15) is 5.69 Å². The molecule has 132 valence electrons. The first-order valence-corrected chi connectivity index (χ1v) is 9.05. The lowest BCUT2D eigenvalue weighted by atomic mass is 9.65. The molecule has 1 N–H and O–H groups in total. The summed E-state index contributed by atoms with van der Waals surface area (Å²) in [6, 6.07) is 4.59. The van der Waals surface area contributed by atoms with Crippen LogP contribution in [0.15, 0.2) is 18.3 Å². The summed E-state index contributed by atoms with van der Waals surface area (Å²) in [4.78, 5) is 20.9. The predicted octanol–water partition coefficient (Wildman–Crippen LogP) is 2.39. The molecule has 0 aromatic carbocycles. The van der Waals surface area contributed by atoms with E-state index in [2.05, 4.69) is 40.9 Å². The first-order valence-electron chi connectivity index (χ1n) is 9.05. The number of carbonyl (C=O) groups excluding carboxylic acids is 1. The van der Waals surface area contributed by atoms with Crippen LogP contribution in [0.25, 0.3) is 0 Å². The minimum absolute atomic E-state index is 0.134. The van der Waals surface area contributed by atoms with Crippen molar-refractivity contribution in [2.24, 2.45) is 11.3 Å². The van der Waals surface area contributed by atoms with Crippen LogP contribution in [-0.2, 0) is 0 Å². The van der Waals surface area contributed by atoms with Gasteiger partial charge >= 0.3 is 0 Å². The number of aromatic nitrogens is 1. The Hall–Kier alpha value is -1.62. The van der Waals surface area contributed by atoms with Crippen LogP contribution in [0.1, 0.15) is 44.1 Å². The molecule has 0 atom stereocenters. The molecule has 0 radical (unpaired) electrons. The van der Waals surface area contributed by atoms with Crippen LogP contribution in [0.4, 0.5) is 5.69 Å². The maximum absolute atomic E-state index is 11.6. The van der Waals surface area contributed by atoms with Crippen molar-refractivity contribution in [3.05, 3.63) is 24.0 Å². The summed E-state index contributed by atoms with van der Waals surface area (Å²) in [6.07, 6.45) is 4.52. The lowest BCUT2D eigenvalue weighted by Gasteiger charge is -2.50. The number of carbonyl (C=O) groups is 1. The SMILES string of the molecule is CNC(=O)c1ccc(N2CCN(C3CC(C(C)(C)C)C3)CC2)cn1. The van der Waals surface area contributed by atoms with Crippen LogP contribution in [0.2, 0.25) is 0 Å². The summed E-state index contributed by atoms with van der Waals surface area (Å²) in [5.41, 5.74) is 2.04. The molecule has 1 aromatic rings. The van der Waals surface area contributed by atoms with Gasteiger partial charge in [0.05, 0.1) is 11.9 Å². The summed E-state index contributed by atoms with van der Waals surface area (Å²) in [5.74, 6) is 0.742. The van der Waals surface area contributed by atoms with E-state index in [0.29, 0.717) is 11.1 Å². The van der Waals surface area contributed by atoms with Crippen molar-refractivity contribution < 1.29 is 4.79 Å². The zero-order valence-corrected chi connectivity index (χ0v) is 15.4. The van der Waals surface area contributed by atoms with E-state index in [1.54, 1.807) is 13.1 Å². The molecular formula is C19H30N4O. The minimum Gasteiger partial charge on any atom is -0.368 e. The third kappa shape index (κ3) is 3.56. The highest BCUT2D eigenvalue weighted by molar-refractivity contribution is 5.92. The van der Waals surface area contributed by atoms with Gasteiger partial charge in [-0.15, -0.1) is 0 Å². The number of rotatable bonds is 3. The Kier molecular flexibility index (Phi) is 4.81. The number of anilines is 1. The minimum atomic E-state index is -0.134. The number of hydrogen-bond acceptors (Lipinski definition) is 4. The largest absolute Gasteiger partial charge is 0.368 e. The van der Waals surface area contributed by atoms with Crippen molar-refractivity contribution >= 4 is 11.6 Å². The van der Waals surface area contributed by atoms with Crippen LogP contribution in [-0.4, -0.2) is 55.1 Å². The average molecular weight is 330 g/mol. The Morgan fingerprint density at radius 3 is 2.33 bits per heavy atom. The third-order valence-electron chi connectivity index (χ3n) is 5.74. The fraction of sp³-hybridized carbons (Fsp3) is 0.684. The smallest absolute Gasteiger partial charge is 0.269 e. The van der Waals surface area contributed by atoms with Crippen molar-refractivity contribution in [3.63, 3.8) is 0 Å². The Labute approximate surface area is 145 Å².